The summed E-state index contributed by atoms with van der Waals surface area (Å²) in [6, 6.07) is 8.14. The van der Waals surface area contributed by atoms with Crippen molar-refractivity contribution in [2.75, 3.05) is 53.6 Å². The van der Waals surface area contributed by atoms with Crippen LogP contribution in [0.4, 0.5) is 0 Å². The Balaban J connectivity index is 1.46. The van der Waals surface area contributed by atoms with Gasteiger partial charge in [0.05, 0.1) is 13.7 Å². The Morgan fingerprint density at radius 1 is 1.11 bits per heavy atom. The van der Waals surface area contributed by atoms with Crippen LogP contribution in [0.25, 0.3) is 6.08 Å². The summed E-state index contributed by atoms with van der Waals surface area (Å²) < 4.78 is 10.4. The van der Waals surface area contributed by atoms with Gasteiger partial charge < -0.3 is 14.4 Å². The number of hydrogen-bond donors (Lipinski definition) is 0. The molecule has 2 heterocycles. The van der Waals surface area contributed by atoms with E-state index in [4.69, 9.17) is 9.47 Å². The van der Waals surface area contributed by atoms with Crippen LogP contribution in [-0.2, 0) is 9.53 Å². The highest BCUT2D eigenvalue weighted by Crippen LogP contribution is 2.40. The minimum atomic E-state index is 0.294. The van der Waals surface area contributed by atoms with Gasteiger partial charge in [0.25, 0.3) is 0 Å². The zero-order valence-electron chi connectivity index (χ0n) is 16.7. The normalized spacial score (nSPS) is 20.5. The first-order chi connectivity index (χ1) is 13.1. The van der Waals surface area contributed by atoms with Gasteiger partial charge >= 0.3 is 0 Å². The van der Waals surface area contributed by atoms with E-state index in [0.29, 0.717) is 24.3 Å². The molecule has 1 aromatic rings. The fraction of sp³-hybridized carbons (Fsp3) is 0.591. The van der Waals surface area contributed by atoms with Crippen LogP contribution in [0.5, 0.6) is 5.75 Å². The van der Waals surface area contributed by atoms with Crippen molar-refractivity contribution in [3.63, 3.8) is 0 Å². The van der Waals surface area contributed by atoms with Crippen molar-refractivity contribution in [2.24, 2.45) is 5.41 Å². The van der Waals surface area contributed by atoms with Gasteiger partial charge in [0.1, 0.15) is 5.75 Å². The molecule has 5 nitrogen and oxygen atoms in total. The number of carbonyl (C=O) groups excluding carboxylic acids is 1. The number of nitrogens with zero attached hydrogens (tertiary/aromatic N) is 2. The van der Waals surface area contributed by atoms with Crippen LogP contribution >= 0.6 is 0 Å². The van der Waals surface area contributed by atoms with Crippen molar-refractivity contribution < 1.29 is 14.3 Å². The van der Waals surface area contributed by atoms with Crippen molar-refractivity contribution in [3.8, 4) is 5.75 Å². The third-order valence-corrected chi connectivity index (χ3v) is 6.02. The van der Waals surface area contributed by atoms with Gasteiger partial charge in [-0.2, -0.15) is 0 Å². The fourth-order valence-corrected chi connectivity index (χ4v) is 4.18. The van der Waals surface area contributed by atoms with E-state index in [1.807, 2.05) is 17.0 Å². The lowest BCUT2D eigenvalue weighted by molar-refractivity contribution is -0.139. The molecule has 148 valence electrons. The van der Waals surface area contributed by atoms with Crippen molar-refractivity contribution in [2.45, 2.75) is 25.7 Å². The molecule has 27 heavy (non-hydrogen) atoms. The van der Waals surface area contributed by atoms with Gasteiger partial charge in [-0.15, -0.1) is 0 Å². The summed E-state index contributed by atoms with van der Waals surface area (Å²) in [7, 11) is 3.38. The van der Waals surface area contributed by atoms with E-state index >= 15 is 0 Å². The molecular weight excluding hydrogens is 340 g/mol. The number of benzene rings is 1. The van der Waals surface area contributed by atoms with E-state index in [0.717, 1.165) is 44.9 Å². The first kappa shape index (κ1) is 19.9. The van der Waals surface area contributed by atoms with Crippen molar-refractivity contribution in [1.29, 1.82) is 0 Å². The number of hydrogen-bond acceptors (Lipinski definition) is 4. The van der Waals surface area contributed by atoms with E-state index < -0.39 is 0 Å². The largest absolute Gasteiger partial charge is 0.497 e. The van der Waals surface area contributed by atoms with Crippen LogP contribution in [0.1, 0.15) is 31.2 Å². The predicted molar refractivity (Wildman–Crippen MR) is 108 cm³/mol. The van der Waals surface area contributed by atoms with Crippen LogP contribution < -0.4 is 4.74 Å². The Morgan fingerprint density at radius 3 is 2.52 bits per heavy atom. The third-order valence-electron chi connectivity index (χ3n) is 6.02. The van der Waals surface area contributed by atoms with Gasteiger partial charge in [-0.3, -0.25) is 9.69 Å². The monoisotopic (exact) mass is 372 g/mol. The molecule has 0 bridgehead atoms. The third kappa shape index (κ3) is 5.33. The Labute approximate surface area is 162 Å². The molecule has 5 heteroatoms. The van der Waals surface area contributed by atoms with Crippen LogP contribution in [0, 0.1) is 5.41 Å². The molecule has 0 aromatic heterocycles. The number of rotatable bonds is 7. The summed E-state index contributed by atoms with van der Waals surface area (Å²) in [5, 5.41) is 0. The number of amides is 1. The summed E-state index contributed by atoms with van der Waals surface area (Å²) >= 11 is 0. The van der Waals surface area contributed by atoms with E-state index in [2.05, 4.69) is 29.2 Å². The van der Waals surface area contributed by atoms with Crippen molar-refractivity contribution in [3.05, 3.63) is 35.9 Å². The summed E-state index contributed by atoms with van der Waals surface area (Å²) in [5.74, 6) is 1.18. The molecule has 0 unspecified atom stereocenters. The zero-order valence-corrected chi connectivity index (χ0v) is 16.7. The zero-order chi connectivity index (χ0) is 19.1. The molecule has 0 atom stereocenters. The average molecular weight is 373 g/mol. The molecule has 2 saturated heterocycles. The maximum Gasteiger partial charge on any atom is 0.222 e. The van der Waals surface area contributed by atoms with Crippen LogP contribution in [-0.4, -0.2) is 69.3 Å². The highest BCUT2D eigenvalue weighted by atomic mass is 16.5. The van der Waals surface area contributed by atoms with Crippen LogP contribution in [0.2, 0.25) is 0 Å². The Kier molecular flexibility index (Phi) is 6.91. The quantitative estimate of drug-likeness (QED) is 0.738. The molecule has 1 aromatic carbocycles. The summed E-state index contributed by atoms with van der Waals surface area (Å²) in [4.78, 5) is 16.7. The lowest BCUT2D eigenvalue weighted by atomic mass is 9.72. The van der Waals surface area contributed by atoms with Gasteiger partial charge in [0, 0.05) is 33.2 Å². The Hall–Kier alpha value is -1.85. The summed E-state index contributed by atoms with van der Waals surface area (Å²) in [5.41, 5.74) is 1.52. The molecule has 1 amide bonds. The van der Waals surface area contributed by atoms with Gasteiger partial charge in [-0.05, 0) is 55.5 Å². The fourth-order valence-electron chi connectivity index (χ4n) is 4.18. The second kappa shape index (κ2) is 9.38. The van der Waals surface area contributed by atoms with Gasteiger partial charge in [-0.1, -0.05) is 24.3 Å². The molecule has 2 aliphatic heterocycles. The number of likely N-dealkylation sites (tertiary alicyclic amines) is 2. The molecule has 1 spiro atoms. The first-order valence-corrected chi connectivity index (χ1v) is 9.94. The van der Waals surface area contributed by atoms with E-state index in [9.17, 15) is 4.79 Å². The molecule has 2 aliphatic rings. The maximum atomic E-state index is 12.1. The average Bonchev–Trinajstić information content (AvgIpc) is 2.71. The predicted octanol–water partition coefficient (Wildman–Crippen LogP) is 3.06. The molecule has 0 radical (unpaired) electrons. The highest BCUT2D eigenvalue weighted by molar-refractivity contribution is 5.77. The number of carbonyl (C=O) groups is 1. The SMILES string of the molecule is COCCN1CC2(CCC1=O)CCN(CC=Cc1ccc(OC)cc1)CC2. The number of piperidine rings is 2. The molecular formula is C22H32N2O3. The minimum Gasteiger partial charge on any atom is -0.497 e. The topological polar surface area (TPSA) is 42.0 Å². The van der Waals surface area contributed by atoms with Crippen LogP contribution in [0.15, 0.2) is 30.3 Å². The first-order valence-electron chi connectivity index (χ1n) is 9.94. The lowest BCUT2D eigenvalue weighted by Gasteiger charge is -2.47. The van der Waals surface area contributed by atoms with Gasteiger partial charge in [0.2, 0.25) is 5.91 Å². The molecule has 2 fully saturated rings. The van der Waals surface area contributed by atoms with Crippen LogP contribution in [0.3, 0.4) is 0 Å². The summed E-state index contributed by atoms with van der Waals surface area (Å²) in [6.07, 6.45) is 8.52. The van der Waals surface area contributed by atoms with E-state index in [-0.39, 0.29) is 0 Å². The molecule has 3 rings (SSSR count). The Morgan fingerprint density at radius 2 is 1.85 bits per heavy atom. The van der Waals surface area contributed by atoms with E-state index in [1.165, 1.54) is 18.4 Å². The summed E-state index contributed by atoms with van der Waals surface area (Å²) in [6.45, 7) is 5.47. The van der Waals surface area contributed by atoms with Crippen molar-refractivity contribution in [1.82, 2.24) is 9.80 Å². The number of ether oxygens (including phenoxy) is 2. The van der Waals surface area contributed by atoms with E-state index in [1.54, 1.807) is 14.2 Å². The Bertz CT molecular complexity index is 633. The molecule has 0 N–H and O–H groups in total. The maximum absolute atomic E-state index is 12.1. The molecule has 0 saturated carbocycles. The second-order valence-electron chi connectivity index (χ2n) is 7.78. The van der Waals surface area contributed by atoms with Gasteiger partial charge in [-0.25, -0.2) is 0 Å². The lowest BCUT2D eigenvalue weighted by Crippen LogP contribution is -2.52. The standard InChI is InChI=1S/C22H32N2O3/c1-26-17-16-24-18-22(10-9-21(24)25)11-14-23(15-12-22)13-3-4-19-5-7-20(27-2)8-6-19/h3-8H,9-18H2,1-2H3. The molecule has 0 aliphatic carbocycles. The van der Waals surface area contributed by atoms with Gasteiger partial charge in [0.15, 0.2) is 0 Å². The second-order valence-corrected chi connectivity index (χ2v) is 7.78. The smallest absolute Gasteiger partial charge is 0.222 e. The highest BCUT2D eigenvalue weighted by Gasteiger charge is 2.40. The number of methoxy groups -OCH3 is 2. The van der Waals surface area contributed by atoms with Crippen molar-refractivity contribution >= 4 is 12.0 Å². The minimum absolute atomic E-state index is 0.294.